The third-order valence-electron chi connectivity index (χ3n) is 2.10. The van der Waals surface area contributed by atoms with Crippen molar-refractivity contribution >= 4 is 5.97 Å². The van der Waals surface area contributed by atoms with Crippen molar-refractivity contribution in [2.24, 2.45) is 0 Å². The Morgan fingerprint density at radius 3 is 2.67 bits per heavy atom. The van der Waals surface area contributed by atoms with Crippen LogP contribution in [0.1, 0.15) is 19.4 Å². The summed E-state index contributed by atoms with van der Waals surface area (Å²) < 4.78 is 4.89. The van der Waals surface area contributed by atoms with Gasteiger partial charge >= 0.3 is 5.97 Å². The van der Waals surface area contributed by atoms with Gasteiger partial charge in [-0.2, -0.15) is 0 Å². The third-order valence-corrected chi connectivity index (χ3v) is 2.10. The number of carbonyl (C=O) groups excluding carboxylic acids is 1. The predicted octanol–water partition coefficient (Wildman–Crippen LogP) is 1.73. The minimum Gasteiger partial charge on any atom is -0.465 e. The van der Waals surface area contributed by atoms with Crippen LogP contribution in [0, 0.1) is 0 Å². The quantitative estimate of drug-likeness (QED) is 0.747. The molecule has 1 rings (SSSR count). The number of esters is 1. The molecule has 1 aromatic carbocycles. The number of hydrogen-bond acceptors (Lipinski definition) is 3. The normalized spacial score (nSPS) is 12.1. The fraction of sp³-hybridized carbons (Fsp3) is 0.417. The van der Waals surface area contributed by atoms with Gasteiger partial charge in [0, 0.05) is 6.54 Å². The molecule has 3 heteroatoms. The molecule has 0 fully saturated rings. The van der Waals surface area contributed by atoms with Gasteiger partial charge in [0.25, 0.3) is 0 Å². The van der Waals surface area contributed by atoms with E-state index in [0.29, 0.717) is 13.2 Å². The van der Waals surface area contributed by atoms with Crippen LogP contribution in [0.25, 0.3) is 0 Å². The zero-order valence-electron chi connectivity index (χ0n) is 9.19. The van der Waals surface area contributed by atoms with E-state index in [9.17, 15) is 4.79 Å². The van der Waals surface area contributed by atoms with Gasteiger partial charge in [-0.05, 0) is 19.4 Å². The number of rotatable bonds is 5. The molecule has 0 amide bonds. The Morgan fingerprint density at radius 2 is 2.07 bits per heavy atom. The molecule has 0 aromatic heterocycles. The summed E-state index contributed by atoms with van der Waals surface area (Å²) in [7, 11) is 0. The van der Waals surface area contributed by atoms with Crippen LogP contribution in [0.2, 0.25) is 0 Å². The molecule has 1 atom stereocenters. The highest BCUT2D eigenvalue weighted by Gasteiger charge is 2.12. The largest absolute Gasteiger partial charge is 0.465 e. The van der Waals surface area contributed by atoms with Crippen molar-refractivity contribution in [1.82, 2.24) is 5.32 Å². The predicted molar refractivity (Wildman–Crippen MR) is 59.4 cm³/mol. The summed E-state index contributed by atoms with van der Waals surface area (Å²) in [6, 6.07) is 9.71. The fourth-order valence-corrected chi connectivity index (χ4v) is 1.22. The van der Waals surface area contributed by atoms with Gasteiger partial charge in [0.1, 0.15) is 6.04 Å². The van der Waals surface area contributed by atoms with E-state index < -0.39 is 0 Å². The Bertz CT molecular complexity index is 298. The van der Waals surface area contributed by atoms with Gasteiger partial charge in [0.2, 0.25) is 0 Å². The molecule has 0 heterocycles. The van der Waals surface area contributed by atoms with E-state index in [1.54, 1.807) is 6.92 Å². The summed E-state index contributed by atoms with van der Waals surface area (Å²) in [4.78, 5) is 11.3. The molecule has 0 saturated heterocycles. The van der Waals surface area contributed by atoms with Crippen LogP contribution < -0.4 is 5.32 Å². The minimum absolute atomic E-state index is 0.201. The highest BCUT2D eigenvalue weighted by atomic mass is 16.5. The van der Waals surface area contributed by atoms with Gasteiger partial charge in [-0.15, -0.1) is 0 Å². The van der Waals surface area contributed by atoms with Crippen molar-refractivity contribution in [3.8, 4) is 0 Å². The Morgan fingerprint density at radius 1 is 1.40 bits per heavy atom. The monoisotopic (exact) mass is 207 g/mol. The molecular weight excluding hydrogens is 190 g/mol. The zero-order valence-corrected chi connectivity index (χ0v) is 9.19. The average Bonchev–Trinajstić information content (AvgIpc) is 2.27. The Hall–Kier alpha value is -1.35. The van der Waals surface area contributed by atoms with E-state index in [4.69, 9.17) is 4.74 Å². The first-order valence-corrected chi connectivity index (χ1v) is 5.18. The standard InChI is InChI=1S/C12H17NO2/c1-3-15-12(14)10(2)13-9-11-7-5-4-6-8-11/h4-8,10,13H,3,9H2,1-2H3/t10-/m0/s1. The summed E-state index contributed by atoms with van der Waals surface area (Å²) >= 11 is 0. The van der Waals surface area contributed by atoms with Crippen molar-refractivity contribution in [1.29, 1.82) is 0 Å². The number of carbonyl (C=O) groups is 1. The molecule has 82 valence electrons. The second kappa shape index (κ2) is 6.19. The van der Waals surface area contributed by atoms with Crippen LogP contribution in [0.15, 0.2) is 30.3 Å². The lowest BCUT2D eigenvalue weighted by molar-refractivity contribution is -0.145. The molecule has 0 bridgehead atoms. The van der Waals surface area contributed by atoms with Crippen LogP contribution in [-0.2, 0) is 16.1 Å². The molecule has 0 aliphatic carbocycles. The molecule has 1 aromatic rings. The summed E-state index contributed by atoms with van der Waals surface area (Å²) in [5.41, 5.74) is 1.16. The smallest absolute Gasteiger partial charge is 0.322 e. The lowest BCUT2D eigenvalue weighted by Crippen LogP contribution is -2.34. The first-order chi connectivity index (χ1) is 7.24. The first kappa shape index (κ1) is 11.7. The van der Waals surface area contributed by atoms with Gasteiger partial charge in [-0.3, -0.25) is 4.79 Å². The van der Waals surface area contributed by atoms with Crippen LogP contribution in [0.4, 0.5) is 0 Å². The molecule has 0 spiro atoms. The van der Waals surface area contributed by atoms with Gasteiger partial charge in [0.05, 0.1) is 6.61 Å². The molecule has 3 nitrogen and oxygen atoms in total. The van der Waals surface area contributed by atoms with Crippen LogP contribution in [0.5, 0.6) is 0 Å². The van der Waals surface area contributed by atoms with E-state index in [0.717, 1.165) is 5.56 Å². The number of ether oxygens (including phenoxy) is 1. The van der Waals surface area contributed by atoms with Crippen molar-refractivity contribution in [3.05, 3.63) is 35.9 Å². The third kappa shape index (κ3) is 4.13. The lowest BCUT2D eigenvalue weighted by Gasteiger charge is -2.12. The molecule has 0 aliphatic rings. The molecule has 1 N–H and O–H groups in total. The fourth-order valence-electron chi connectivity index (χ4n) is 1.22. The summed E-state index contributed by atoms with van der Waals surface area (Å²) in [6.07, 6.45) is 0. The molecule has 0 radical (unpaired) electrons. The average molecular weight is 207 g/mol. The Labute approximate surface area is 90.4 Å². The number of hydrogen-bond donors (Lipinski definition) is 1. The van der Waals surface area contributed by atoms with Gasteiger partial charge in [-0.1, -0.05) is 30.3 Å². The first-order valence-electron chi connectivity index (χ1n) is 5.18. The Balaban J connectivity index is 2.34. The lowest BCUT2D eigenvalue weighted by atomic mass is 10.2. The van der Waals surface area contributed by atoms with E-state index in [1.165, 1.54) is 0 Å². The van der Waals surface area contributed by atoms with Gasteiger partial charge < -0.3 is 10.1 Å². The van der Waals surface area contributed by atoms with Crippen molar-refractivity contribution in [3.63, 3.8) is 0 Å². The molecule has 15 heavy (non-hydrogen) atoms. The molecular formula is C12H17NO2. The molecule has 0 aliphatic heterocycles. The van der Waals surface area contributed by atoms with Crippen LogP contribution in [0.3, 0.4) is 0 Å². The maximum Gasteiger partial charge on any atom is 0.322 e. The van der Waals surface area contributed by atoms with E-state index >= 15 is 0 Å². The van der Waals surface area contributed by atoms with Gasteiger partial charge in [0.15, 0.2) is 0 Å². The van der Waals surface area contributed by atoms with Crippen molar-refractivity contribution < 1.29 is 9.53 Å². The maximum absolute atomic E-state index is 11.3. The number of benzene rings is 1. The topological polar surface area (TPSA) is 38.3 Å². The highest BCUT2D eigenvalue weighted by molar-refractivity contribution is 5.75. The van der Waals surface area contributed by atoms with Crippen LogP contribution >= 0.6 is 0 Å². The second-order valence-corrected chi connectivity index (χ2v) is 3.34. The van der Waals surface area contributed by atoms with E-state index in [1.807, 2.05) is 37.3 Å². The number of nitrogens with one attached hydrogen (secondary N) is 1. The second-order valence-electron chi connectivity index (χ2n) is 3.34. The summed E-state index contributed by atoms with van der Waals surface area (Å²) in [5, 5.41) is 3.11. The molecule has 0 saturated carbocycles. The van der Waals surface area contributed by atoms with Gasteiger partial charge in [-0.25, -0.2) is 0 Å². The highest BCUT2D eigenvalue weighted by Crippen LogP contribution is 1.98. The van der Waals surface area contributed by atoms with E-state index in [2.05, 4.69) is 5.32 Å². The minimum atomic E-state index is -0.259. The van der Waals surface area contributed by atoms with Crippen molar-refractivity contribution in [2.75, 3.05) is 6.61 Å². The Kier molecular flexibility index (Phi) is 4.84. The SMILES string of the molecule is CCOC(=O)[C@H](C)NCc1ccccc1. The van der Waals surface area contributed by atoms with E-state index in [-0.39, 0.29) is 12.0 Å². The maximum atomic E-state index is 11.3. The van der Waals surface area contributed by atoms with Crippen LogP contribution in [-0.4, -0.2) is 18.6 Å². The summed E-state index contributed by atoms with van der Waals surface area (Å²) in [6.45, 7) is 4.72. The summed E-state index contributed by atoms with van der Waals surface area (Å²) in [5.74, 6) is -0.201. The zero-order chi connectivity index (χ0) is 11.1. The van der Waals surface area contributed by atoms with Crippen molar-refractivity contribution in [2.45, 2.75) is 26.4 Å². The molecule has 0 unspecified atom stereocenters.